The first-order valence-electron chi connectivity index (χ1n) is 12.0. The molecule has 1 aromatic heterocycles. The zero-order valence-corrected chi connectivity index (χ0v) is 19.6. The minimum Gasteiger partial charge on any atom is -0.394 e. The molecule has 0 saturated heterocycles. The average Bonchev–Trinajstić information content (AvgIpc) is 2.91. The van der Waals surface area contributed by atoms with Crippen LogP contribution in [-0.4, -0.2) is 45.8 Å². The molecule has 0 unspecified atom stereocenters. The molecule has 1 aliphatic rings. The number of carbonyl (C=O) groups excluding carboxylic acids is 2. The summed E-state index contributed by atoms with van der Waals surface area (Å²) < 4.78 is 0. The number of hydrogen-bond acceptors (Lipinski definition) is 5. The highest BCUT2D eigenvalue weighted by Crippen LogP contribution is 2.27. The highest BCUT2D eigenvalue weighted by atomic mass is 16.3. The molecular weight excluding hydrogens is 442 g/mol. The zero-order chi connectivity index (χ0) is 24.7. The summed E-state index contributed by atoms with van der Waals surface area (Å²) in [6, 6.07) is 17.2. The molecule has 1 aliphatic carbocycles. The van der Waals surface area contributed by atoms with Crippen LogP contribution in [-0.2, 0) is 0 Å². The van der Waals surface area contributed by atoms with Gasteiger partial charge in [-0.05, 0) is 65.9 Å². The van der Waals surface area contributed by atoms with Crippen molar-refractivity contribution in [3.8, 4) is 11.1 Å². The maximum Gasteiger partial charge on any atom is 0.251 e. The summed E-state index contributed by atoms with van der Waals surface area (Å²) in [5, 5.41) is 26.3. The van der Waals surface area contributed by atoms with Gasteiger partial charge in [0.05, 0.1) is 18.2 Å². The van der Waals surface area contributed by atoms with Crippen LogP contribution in [0.3, 0.4) is 0 Å². The first-order valence-corrected chi connectivity index (χ1v) is 12.0. The summed E-state index contributed by atoms with van der Waals surface area (Å²) in [5.41, 5.74) is 2.63. The second kappa shape index (κ2) is 11.3. The van der Waals surface area contributed by atoms with Gasteiger partial charge < -0.3 is 20.8 Å². The van der Waals surface area contributed by atoms with Crippen LogP contribution < -0.4 is 10.6 Å². The van der Waals surface area contributed by atoms with Crippen LogP contribution in [0.1, 0.15) is 64.4 Å². The molecule has 3 aromatic rings. The Balaban J connectivity index is 1.40. The van der Waals surface area contributed by atoms with Gasteiger partial charge >= 0.3 is 0 Å². The van der Waals surface area contributed by atoms with Crippen LogP contribution in [0.15, 0.2) is 73.1 Å². The number of aromatic nitrogens is 1. The van der Waals surface area contributed by atoms with Crippen molar-refractivity contribution in [3.05, 3.63) is 89.7 Å². The molecule has 0 radical (unpaired) electrons. The Morgan fingerprint density at radius 2 is 1.57 bits per heavy atom. The van der Waals surface area contributed by atoms with Gasteiger partial charge in [0, 0.05) is 30.1 Å². The van der Waals surface area contributed by atoms with Gasteiger partial charge in [-0.15, -0.1) is 0 Å². The maximum atomic E-state index is 12.8. The number of pyridine rings is 1. The Labute approximate surface area is 205 Å². The second-order valence-corrected chi connectivity index (χ2v) is 9.12. The van der Waals surface area contributed by atoms with Gasteiger partial charge in [-0.1, -0.05) is 43.5 Å². The van der Waals surface area contributed by atoms with Crippen LogP contribution in [0.25, 0.3) is 11.1 Å². The lowest BCUT2D eigenvalue weighted by molar-refractivity contribution is 0.00525. The number of aliphatic hydroxyl groups is 2. The van der Waals surface area contributed by atoms with Crippen molar-refractivity contribution in [3.63, 3.8) is 0 Å². The lowest BCUT2D eigenvalue weighted by atomic mass is 9.85. The molecule has 35 heavy (non-hydrogen) atoms. The summed E-state index contributed by atoms with van der Waals surface area (Å²) in [6.07, 6.45) is 7.85. The molecule has 0 aliphatic heterocycles. The quantitative estimate of drug-likeness (QED) is 0.399. The van der Waals surface area contributed by atoms with E-state index >= 15 is 0 Å². The largest absolute Gasteiger partial charge is 0.394 e. The minimum absolute atomic E-state index is 0.214. The van der Waals surface area contributed by atoms with Crippen molar-refractivity contribution in [2.75, 3.05) is 13.2 Å². The van der Waals surface area contributed by atoms with Crippen LogP contribution in [0.4, 0.5) is 0 Å². The van der Waals surface area contributed by atoms with E-state index in [0.29, 0.717) is 29.5 Å². The Morgan fingerprint density at radius 1 is 0.886 bits per heavy atom. The first kappa shape index (κ1) is 24.6. The van der Waals surface area contributed by atoms with E-state index in [1.165, 1.54) is 0 Å². The molecule has 1 heterocycles. The minimum atomic E-state index is -0.847. The number of rotatable bonds is 8. The van der Waals surface area contributed by atoms with Crippen LogP contribution in [0, 0.1) is 0 Å². The van der Waals surface area contributed by atoms with E-state index in [2.05, 4.69) is 15.6 Å². The maximum absolute atomic E-state index is 12.8. The van der Waals surface area contributed by atoms with E-state index in [-0.39, 0.29) is 25.0 Å². The summed E-state index contributed by atoms with van der Waals surface area (Å²) >= 11 is 0. The van der Waals surface area contributed by atoms with Crippen molar-refractivity contribution < 1.29 is 19.8 Å². The fraction of sp³-hybridized carbons (Fsp3) is 0.321. The van der Waals surface area contributed by atoms with E-state index in [0.717, 1.165) is 30.4 Å². The lowest BCUT2D eigenvalue weighted by Crippen LogP contribution is -2.44. The van der Waals surface area contributed by atoms with Gasteiger partial charge in [-0.25, -0.2) is 0 Å². The average molecular weight is 474 g/mol. The monoisotopic (exact) mass is 473 g/mol. The number of nitrogens with one attached hydrogen (secondary N) is 2. The highest BCUT2D eigenvalue weighted by molar-refractivity contribution is 5.95. The number of nitrogens with zero attached hydrogens (tertiary/aromatic N) is 1. The Bertz CT molecular complexity index is 1140. The summed E-state index contributed by atoms with van der Waals surface area (Å²) in [6.45, 7) is -0.0998. The smallest absolute Gasteiger partial charge is 0.251 e. The first-order chi connectivity index (χ1) is 17.0. The van der Waals surface area contributed by atoms with E-state index in [1.54, 1.807) is 48.8 Å². The summed E-state index contributed by atoms with van der Waals surface area (Å²) in [4.78, 5) is 29.6. The van der Waals surface area contributed by atoms with Gasteiger partial charge in [0.15, 0.2) is 0 Å². The van der Waals surface area contributed by atoms with Crippen LogP contribution >= 0.6 is 0 Å². The molecule has 2 aromatic carbocycles. The zero-order valence-electron chi connectivity index (χ0n) is 19.6. The number of hydrogen-bond donors (Lipinski definition) is 4. The third-order valence-corrected chi connectivity index (χ3v) is 6.56. The molecule has 1 fully saturated rings. The predicted octanol–water partition coefficient (Wildman–Crippen LogP) is 3.64. The SMILES string of the molecule is O=C(NCC1(O)CCCCC1)c1cccc([C@@H](CO)NC(=O)c2ccc(-c3ccncc3)cc2)c1. The Morgan fingerprint density at radius 3 is 2.26 bits per heavy atom. The van der Waals surface area contributed by atoms with Crippen molar-refractivity contribution >= 4 is 11.8 Å². The third-order valence-electron chi connectivity index (χ3n) is 6.56. The molecule has 0 bridgehead atoms. The van der Waals surface area contributed by atoms with Gasteiger partial charge in [-0.2, -0.15) is 0 Å². The molecule has 4 rings (SSSR count). The molecular formula is C28H31N3O4. The summed E-state index contributed by atoms with van der Waals surface area (Å²) in [5.74, 6) is -0.611. The van der Waals surface area contributed by atoms with Crippen LogP contribution in [0.2, 0.25) is 0 Å². The Hall–Kier alpha value is -3.55. The number of amides is 2. The van der Waals surface area contributed by atoms with Gasteiger partial charge in [0.1, 0.15) is 0 Å². The molecule has 0 spiro atoms. The van der Waals surface area contributed by atoms with E-state index in [4.69, 9.17) is 0 Å². The number of aliphatic hydroxyl groups excluding tert-OH is 1. The van der Waals surface area contributed by atoms with Gasteiger partial charge in [-0.3, -0.25) is 14.6 Å². The standard InChI is InChI=1S/C28H31N3O4/c32-18-25(31-27(34)22-9-7-20(8-10-22)21-11-15-29-16-12-21)23-5-4-6-24(17-23)26(33)30-19-28(35)13-2-1-3-14-28/h4-12,15-17,25,32,35H,1-3,13-14,18-19H2,(H,30,33)(H,31,34)/t25-/m1/s1. The number of carbonyl (C=O) groups is 2. The van der Waals surface area contributed by atoms with E-state index < -0.39 is 11.6 Å². The van der Waals surface area contributed by atoms with Gasteiger partial charge in [0.2, 0.25) is 0 Å². The van der Waals surface area contributed by atoms with E-state index in [9.17, 15) is 19.8 Å². The van der Waals surface area contributed by atoms with Crippen molar-refractivity contribution in [1.29, 1.82) is 0 Å². The third kappa shape index (κ3) is 6.32. The fourth-order valence-corrected chi connectivity index (χ4v) is 4.46. The molecule has 4 N–H and O–H groups in total. The summed E-state index contributed by atoms with van der Waals surface area (Å²) in [7, 11) is 0. The molecule has 7 nitrogen and oxygen atoms in total. The lowest BCUT2D eigenvalue weighted by Gasteiger charge is -2.32. The topological polar surface area (TPSA) is 112 Å². The predicted molar refractivity (Wildman–Crippen MR) is 134 cm³/mol. The fourth-order valence-electron chi connectivity index (χ4n) is 4.46. The molecule has 2 amide bonds. The Kier molecular flexibility index (Phi) is 7.90. The molecule has 182 valence electrons. The van der Waals surface area contributed by atoms with Crippen molar-refractivity contribution in [2.24, 2.45) is 0 Å². The molecule has 1 saturated carbocycles. The van der Waals surface area contributed by atoms with Crippen molar-refractivity contribution in [2.45, 2.75) is 43.7 Å². The second-order valence-electron chi connectivity index (χ2n) is 9.12. The van der Waals surface area contributed by atoms with E-state index in [1.807, 2.05) is 24.3 Å². The number of benzene rings is 2. The van der Waals surface area contributed by atoms with Crippen molar-refractivity contribution in [1.82, 2.24) is 15.6 Å². The van der Waals surface area contributed by atoms with Crippen LogP contribution in [0.5, 0.6) is 0 Å². The highest BCUT2D eigenvalue weighted by Gasteiger charge is 2.29. The molecule has 7 heteroatoms. The van der Waals surface area contributed by atoms with Gasteiger partial charge in [0.25, 0.3) is 11.8 Å². The normalized spacial score (nSPS) is 15.7. The molecule has 1 atom stereocenters.